The monoisotopic (exact) mass is 303 g/mol. The van der Waals surface area contributed by atoms with E-state index in [-0.39, 0.29) is 5.92 Å². The number of carbonyl (C=O) groups is 1. The van der Waals surface area contributed by atoms with Crippen molar-refractivity contribution in [3.8, 4) is 0 Å². The zero-order valence-electron chi connectivity index (χ0n) is 14.2. The van der Waals surface area contributed by atoms with Crippen LogP contribution in [0.4, 0.5) is 0 Å². The van der Waals surface area contributed by atoms with Gasteiger partial charge in [0.2, 0.25) is 5.91 Å². The van der Waals surface area contributed by atoms with Gasteiger partial charge in [-0.3, -0.25) is 9.78 Å². The minimum absolute atomic E-state index is 0.0951. The van der Waals surface area contributed by atoms with Crippen molar-refractivity contribution >= 4 is 5.91 Å². The third kappa shape index (κ3) is 4.07. The second kappa shape index (κ2) is 7.73. The number of likely N-dealkylation sites (tertiary alicyclic amines) is 1. The molecule has 3 atom stereocenters. The maximum absolute atomic E-state index is 12.2. The molecule has 0 aromatic carbocycles. The van der Waals surface area contributed by atoms with Crippen LogP contribution < -0.4 is 5.32 Å². The van der Waals surface area contributed by atoms with Crippen LogP contribution in [-0.4, -0.2) is 34.9 Å². The molecule has 0 saturated carbocycles. The molecule has 0 radical (unpaired) electrons. The normalized spacial score (nSPS) is 23.6. The van der Waals surface area contributed by atoms with Crippen LogP contribution in [0.3, 0.4) is 0 Å². The minimum Gasteiger partial charge on any atom is -0.342 e. The summed E-state index contributed by atoms with van der Waals surface area (Å²) in [4.78, 5) is 18.3. The summed E-state index contributed by atoms with van der Waals surface area (Å²) in [6, 6.07) is 4.92. The van der Waals surface area contributed by atoms with E-state index < -0.39 is 0 Å². The molecule has 0 bridgehead atoms. The molecule has 122 valence electrons. The molecule has 4 heteroatoms. The van der Waals surface area contributed by atoms with Crippen molar-refractivity contribution in [2.75, 3.05) is 13.1 Å². The Balaban J connectivity index is 1.96. The third-order valence-electron chi connectivity index (χ3n) is 4.73. The van der Waals surface area contributed by atoms with E-state index in [2.05, 4.69) is 36.3 Å². The average Bonchev–Trinajstić information content (AvgIpc) is 2.55. The first kappa shape index (κ1) is 16.9. The maximum Gasteiger partial charge on any atom is 0.225 e. The summed E-state index contributed by atoms with van der Waals surface area (Å²) in [5.41, 5.74) is 1.27. The molecule has 1 N–H and O–H groups in total. The first-order valence-electron chi connectivity index (χ1n) is 8.47. The van der Waals surface area contributed by atoms with Gasteiger partial charge in [0.25, 0.3) is 0 Å². The molecular formula is C18H29N3O. The molecule has 0 unspecified atom stereocenters. The lowest BCUT2D eigenvalue weighted by atomic mass is 9.88. The molecule has 1 fully saturated rings. The fourth-order valence-electron chi connectivity index (χ4n) is 3.30. The molecule has 1 aliphatic rings. The second-order valence-corrected chi connectivity index (χ2v) is 6.67. The Morgan fingerprint density at radius 1 is 1.36 bits per heavy atom. The first-order valence-corrected chi connectivity index (χ1v) is 8.47. The van der Waals surface area contributed by atoms with E-state index in [1.54, 1.807) is 0 Å². The molecule has 1 aromatic rings. The molecule has 0 spiro atoms. The number of carbonyl (C=O) groups excluding carboxylic acids is 1. The van der Waals surface area contributed by atoms with Crippen LogP contribution in [0.2, 0.25) is 0 Å². The van der Waals surface area contributed by atoms with Crippen molar-refractivity contribution in [2.45, 2.75) is 52.6 Å². The van der Waals surface area contributed by atoms with Crippen molar-refractivity contribution in [3.05, 3.63) is 30.1 Å². The van der Waals surface area contributed by atoms with Gasteiger partial charge in [-0.25, -0.2) is 0 Å². The first-order chi connectivity index (χ1) is 10.5. The molecule has 0 aliphatic carbocycles. The molecule has 2 rings (SSSR count). The Bertz CT molecular complexity index is 474. The zero-order valence-corrected chi connectivity index (χ0v) is 14.2. The van der Waals surface area contributed by atoms with Gasteiger partial charge >= 0.3 is 0 Å². The van der Waals surface area contributed by atoms with E-state index in [1.807, 2.05) is 31.1 Å². The largest absolute Gasteiger partial charge is 0.342 e. The number of aromatic nitrogens is 1. The lowest BCUT2D eigenvalue weighted by Crippen LogP contribution is -2.52. The van der Waals surface area contributed by atoms with E-state index in [1.165, 1.54) is 5.56 Å². The topological polar surface area (TPSA) is 45.2 Å². The molecule has 22 heavy (non-hydrogen) atoms. The molecule has 1 aliphatic heterocycles. The van der Waals surface area contributed by atoms with Crippen LogP contribution in [0.5, 0.6) is 0 Å². The molecule has 1 aromatic heterocycles. The van der Waals surface area contributed by atoms with Gasteiger partial charge in [0.1, 0.15) is 0 Å². The highest BCUT2D eigenvalue weighted by molar-refractivity contribution is 5.78. The summed E-state index contributed by atoms with van der Waals surface area (Å²) in [5.74, 6) is 0.914. The van der Waals surface area contributed by atoms with Gasteiger partial charge in [0.05, 0.1) is 0 Å². The van der Waals surface area contributed by atoms with E-state index in [0.29, 0.717) is 23.9 Å². The number of nitrogens with zero attached hydrogens (tertiary/aromatic N) is 2. The number of nitrogens with one attached hydrogen (secondary N) is 1. The van der Waals surface area contributed by atoms with Crippen LogP contribution in [0.1, 0.15) is 52.1 Å². The van der Waals surface area contributed by atoms with E-state index in [0.717, 1.165) is 25.9 Å². The summed E-state index contributed by atoms with van der Waals surface area (Å²) in [6.07, 6.45) is 5.82. The Labute approximate surface area is 134 Å². The maximum atomic E-state index is 12.2. The fourth-order valence-corrected chi connectivity index (χ4v) is 3.30. The van der Waals surface area contributed by atoms with Crippen LogP contribution in [0.25, 0.3) is 0 Å². The summed E-state index contributed by atoms with van der Waals surface area (Å²) < 4.78 is 0. The van der Waals surface area contributed by atoms with Crippen molar-refractivity contribution in [2.24, 2.45) is 11.8 Å². The standard InChI is InChI=1S/C18H29N3O/c1-5-15-12-21(18(22)13(2)3)11-8-17(15)20-14(4)16-6-9-19-10-7-16/h6-7,9-10,13-15,17,20H,5,8,11-12H2,1-4H3/t14-,15+,17+/m0/s1. The summed E-state index contributed by atoms with van der Waals surface area (Å²) in [6.45, 7) is 10.1. The Hall–Kier alpha value is -1.42. The lowest BCUT2D eigenvalue weighted by Gasteiger charge is -2.40. The minimum atomic E-state index is 0.0951. The Morgan fingerprint density at radius 3 is 2.64 bits per heavy atom. The van der Waals surface area contributed by atoms with E-state index in [4.69, 9.17) is 0 Å². The van der Waals surface area contributed by atoms with Gasteiger partial charge in [-0.2, -0.15) is 0 Å². The van der Waals surface area contributed by atoms with Gasteiger partial charge < -0.3 is 10.2 Å². The predicted octanol–water partition coefficient (Wildman–Crippen LogP) is 3.02. The summed E-state index contributed by atoms with van der Waals surface area (Å²) in [5, 5.41) is 3.76. The van der Waals surface area contributed by atoms with Gasteiger partial charge in [-0.15, -0.1) is 0 Å². The highest BCUT2D eigenvalue weighted by Gasteiger charge is 2.31. The number of piperidine rings is 1. The highest BCUT2D eigenvalue weighted by atomic mass is 16.2. The second-order valence-electron chi connectivity index (χ2n) is 6.67. The predicted molar refractivity (Wildman–Crippen MR) is 89.4 cm³/mol. The quantitative estimate of drug-likeness (QED) is 0.909. The summed E-state index contributed by atoms with van der Waals surface area (Å²) in [7, 11) is 0. The Morgan fingerprint density at radius 2 is 2.05 bits per heavy atom. The van der Waals surface area contributed by atoms with Crippen molar-refractivity contribution in [3.63, 3.8) is 0 Å². The lowest BCUT2D eigenvalue weighted by molar-refractivity contribution is -0.136. The smallest absolute Gasteiger partial charge is 0.225 e. The Kier molecular flexibility index (Phi) is 5.95. The fraction of sp³-hybridized carbons (Fsp3) is 0.667. The number of amides is 1. The molecule has 1 amide bonds. The SMILES string of the molecule is CC[C@@H]1CN(C(=O)C(C)C)CC[C@H]1N[C@@H](C)c1ccncc1. The van der Waals surface area contributed by atoms with Crippen LogP contribution in [-0.2, 0) is 4.79 Å². The summed E-state index contributed by atoms with van der Waals surface area (Å²) >= 11 is 0. The van der Waals surface area contributed by atoms with Crippen LogP contribution in [0.15, 0.2) is 24.5 Å². The molecule has 2 heterocycles. The molecule has 1 saturated heterocycles. The van der Waals surface area contributed by atoms with Crippen LogP contribution in [0, 0.1) is 11.8 Å². The van der Waals surface area contributed by atoms with Crippen molar-refractivity contribution < 1.29 is 4.79 Å². The third-order valence-corrected chi connectivity index (χ3v) is 4.73. The van der Waals surface area contributed by atoms with E-state index >= 15 is 0 Å². The van der Waals surface area contributed by atoms with Crippen LogP contribution >= 0.6 is 0 Å². The van der Waals surface area contributed by atoms with Gasteiger partial charge in [-0.1, -0.05) is 27.2 Å². The zero-order chi connectivity index (χ0) is 16.1. The molecule has 4 nitrogen and oxygen atoms in total. The number of hydrogen-bond acceptors (Lipinski definition) is 3. The van der Waals surface area contributed by atoms with Gasteiger partial charge in [0, 0.05) is 43.5 Å². The highest BCUT2D eigenvalue weighted by Crippen LogP contribution is 2.24. The van der Waals surface area contributed by atoms with Crippen molar-refractivity contribution in [1.82, 2.24) is 15.2 Å². The van der Waals surface area contributed by atoms with Gasteiger partial charge in [-0.05, 0) is 37.0 Å². The van der Waals surface area contributed by atoms with Crippen molar-refractivity contribution in [1.29, 1.82) is 0 Å². The van der Waals surface area contributed by atoms with Gasteiger partial charge in [0.15, 0.2) is 0 Å². The average molecular weight is 303 g/mol. The van der Waals surface area contributed by atoms with E-state index in [9.17, 15) is 4.79 Å². The molecular weight excluding hydrogens is 274 g/mol. The number of hydrogen-bond donors (Lipinski definition) is 1. The number of rotatable bonds is 5. The number of pyridine rings is 1.